The number of aromatic amines is 1. The minimum Gasteiger partial charge on any atom is -0.379 e. The maximum Gasteiger partial charge on any atom is 0.139 e. The van der Waals surface area contributed by atoms with Gasteiger partial charge in [0.05, 0.1) is 12.2 Å². The normalized spacial score (nSPS) is 18.8. The average Bonchev–Trinajstić information content (AvgIpc) is 3.22. The summed E-state index contributed by atoms with van der Waals surface area (Å²) in [5, 5.41) is 8.27. The smallest absolute Gasteiger partial charge is 0.139 e. The number of fused-ring (bicyclic) bond motifs is 1. The third kappa shape index (κ3) is 4.03. The summed E-state index contributed by atoms with van der Waals surface area (Å²) in [6, 6.07) is 11.3. The standard InChI is InChI=1S/C25H29N7/c1-16-11-26-9-7-20(16)21-13-29-25-24(21)22(8-10-27-25)28-12-19-5-4-6-23(31-19)32-14-17(2)30-18(3)15-32/h4-11,13,17-18,30H,12,14-15H2,1-3H3,(H2,27,28,29)/t17-,18+. The summed E-state index contributed by atoms with van der Waals surface area (Å²) in [7, 11) is 0. The van der Waals surface area contributed by atoms with E-state index in [-0.39, 0.29) is 0 Å². The molecule has 2 atom stereocenters. The van der Waals surface area contributed by atoms with E-state index in [0.717, 1.165) is 58.0 Å². The quantitative estimate of drug-likeness (QED) is 0.444. The summed E-state index contributed by atoms with van der Waals surface area (Å²) in [5.41, 5.74) is 6.34. The van der Waals surface area contributed by atoms with Crippen molar-refractivity contribution in [3.8, 4) is 11.1 Å². The Morgan fingerprint density at radius 2 is 1.91 bits per heavy atom. The van der Waals surface area contributed by atoms with Crippen LogP contribution in [0, 0.1) is 6.92 Å². The van der Waals surface area contributed by atoms with E-state index in [1.807, 2.05) is 30.9 Å². The first-order chi connectivity index (χ1) is 15.6. The highest BCUT2D eigenvalue weighted by Gasteiger charge is 2.22. The fourth-order valence-corrected chi connectivity index (χ4v) is 4.63. The number of nitrogens with zero attached hydrogens (tertiary/aromatic N) is 4. The summed E-state index contributed by atoms with van der Waals surface area (Å²) in [6.07, 6.45) is 7.58. The molecule has 32 heavy (non-hydrogen) atoms. The Morgan fingerprint density at radius 3 is 2.72 bits per heavy atom. The van der Waals surface area contributed by atoms with E-state index in [0.29, 0.717) is 18.6 Å². The summed E-state index contributed by atoms with van der Waals surface area (Å²) in [5.74, 6) is 1.04. The van der Waals surface area contributed by atoms with Crippen molar-refractivity contribution in [3.05, 3.63) is 66.4 Å². The predicted molar refractivity (Wildman–Crippen MR) is 130 cm³/mol. The second-order valence-electron chi connectivity index (χ2n) is 8.69. The van der Waals surface area contributed by atoms with Gasteiger partial charge in [0.2, 0.25) is 0 Å². The molecule has 4 aromatic heterocycles. The highest BCUT2D eigenvalue weighted by atomic mass is 15.3. The van der Waals surface area contributed by atoms with Crippen LogP contribution < -0.4 is 15.5 Å². The summed E-state index contributed by atoms with van der Waals surface area (Å²) in [4.78, 5) is 19.4. The zero-order valence-corrected chi connectivity index (χ0v) is 18.8. The summed E-state index contributed by atoms with van der Waals surface area (Å²) in [6.45, 7) is 9.11. The maximum atomic E-state index is 4.95. The first kappa shape index (κ1) is 20.5. The number of aryl methyl sites for hydroxylation is 1. The van der Waals surface area contributed by atoms with Crippen LogP contribution in [0.2, 0.25) is 0 Å². The van der Waals surface area contributed by atoms with Gasteiger partial charge in [0, 0.05) is 66.6 Å². The van der Waals surface area contributed by atoms with Crippen LogP contribution in [0.1, 0.15) is 25.1 Å². The number of nitrogens with one attached hydrogen (secondary N) is 3. The van der Waals surface area contributed by atoms with Gasteiger partial charge in [-0.2, -0.15) is 0 Å². The Balaban J connectivity index is 1.41. The number of rotatable bonds is 5. The van der Waals surface area contributed by atoms with E-state index in [2.05, 4.69) is 75.5 Å². The molecular weight excluding hydrogens is 398 g/mol. The Bertz CT molecular complexity index is 1220. The van der Waals surface area contributed by atoms with Crippen LogP contribution in [0.25, 0.3) is 22.2 Å². The second-order valence-corrected chi connectivity index (χ2v) is 8.69. The Labute approximate surface area is 188 Å². The third-order valence-corrected chi connectivity index (χ3v) is 6.02. The highest BCUT2D eigenvalue weighted by Crippen LogP contribution is 2.34. The van der Waals surface area contributed by atoms with Gasteiger partial charge in [0.25, 0.3) is 0 Å². The first-order valence-electron chi connectivity index (χ1n) is 11.2. The van der Waals surface area contributed by atoms with Gasteiger partial charge in [0.15, 0.2) is 0 Å². The number of aromatic nitrogens is 4. The van der Waals surface area contributed by atoms with E-state index >= 15 is 0 Å². The van der Waals surface area contributed by atoms with Crippen LogP contribution >= 0.6 is 0 Å². The van der Waals surface area contributed by atoms with E-state index in [1.165, 1.54) is 0 Å². The van der Waals surface area contributed by atoms with E-state index in [9.17, 15) is 0 Å². The zero-order chi connectivity index (χ0) is 22.1. The van der Waals surface area contributed by atoms with Crippen LogP contribution in [0.5, 0.6) is 0 Å². The van der Waals surface area contributed by atoms with Crippen LogP contribution in [0.4, 0.5) is 11.5 Å². The molecule has 5 heterocycles. The molecule has 3 N–H and O–H groups in total. The van der Waals surface area contributed by atoms with Crippen molar-refractivity contribution in [1.82, 2.24) is 25.3 Å². The lowest BCUT2D eigenvalue weighted by Crippen LogP contribution is -2.54. The van der Waals surface area contributed by atoms with Crippen molar-refractivity contribution >= 4 is 22.5 Å². The Hall–Kier alpha value is -3.45. The third-order valence-electron chi connectivity index (χ3n) is 6.02. The first-order valence-corrected chi connectivity index (χ1v) is 11.2. The molecule has 164 valence electrons. The lowest BCUT2D eigenvalue weighted by Gasteiger charge is -2.37. The van der Waals surface area contributed by atoms with E-state index in [1.54, 1.807) is 0 Å². The number of H-pyrrole nitrogens is 1. The number of hydrogen-bond acceptors (Lipinski definition) is 6. The Morgan fingerprint density at radius 1 is 1.06 bits per heavy atom. The van der Waals surface area contributed by atoms with Gasteiger partial charge in [-0.25, -0.2) is 9.97 Å². The van der Waals surface area contributed by atoms with Crippen LogP contribution in [0.15, 0.2) is 55.1 Å². The van der Waals surface area contributed by atoms with Gasteiger partial charge in [0.1, 0.15) is 11.5 Å². The van der Waals surface area contributed by atoms with Crippen molar-refractivity contribution < 1.29 is 0 Å². The van der Waals surface area contributed by atoms with Gasteiger partial charge in [-0.1, -0.05) is 6.07 Å². The summed E-state index contributed by atoms with van der Waals surface area (Å²) < 4.78 is 0. The molecule has 7 nitrogen and oxygen atoms in total. The fourth-order valence-electron chi connectivity index (χ4n) is 4.63. The molecule has 1 aliphatic rings. The maximum absolute atomic E-state index is 4.95. The lowest BCUT2D eigenvalue weighted by atomic mass is 10.0. The number of anilines is 2. The van der Waals surface area contributed by atoms with Crippen LogP contribution in [0.3, 0.4) is 0 Å². The fraction of sp³-hybridized carbons (Fsp3) is 0.320. The minimum atomic E-state index is 0.455. The van der Waals surface area contributed by atoms with Gasteiger partial charge in [-0.15, -0.1) is 0 Å². The minimum absolute atomic E-state index is 0.455. The van der Waals surface area contributed by atoms with Crippen molar-refractivity contribution in [1.29, 1.82) is 0 Å². The van der Waals surface area contributed by atoms with Crippen molar-refractivity contribution in [2.45, 2.75) is 39.4 Å². The van der Waals surface area contributed by atoms with Gasteiger partial charge in [-0.05, 0) is 56.2 Å². The number of pyridine rings is 3. The molecule has 0 aromatic carbocycles. The summed E-state index contributed by atoms with van der Waals surface area (Å²) >= 11 is 0. The molecule has 7 heteroatoms. The Kier molecular flexibility index (Phi) is 5.49. The number of hydrogen-bond donors (Lipinski definition) is 3. The molecule has 1 fully saturated rings. The molecule has 0 radical (unpaired) electrons. The molecule has 0 spiro atoms. The molecule has 4 aromatic rings. The second kappa shape index (κ2) is 8.59. The molecule has 5 rings (SSSR count). The van der Waals surface area contributed by atoms with E-state index < -0.39 is 0 Å². The lowest BCUT2D eigenvalue weighted by molar-refractivity contribution is 0.405. The monoisotopic (exact) mass is 427 g/mol. The molecule has 0 saturated carbocycles. The molecule has 1 aliphatic heterocycles. The topological polar surface area (TPSA) is 81.8 Å². The molecule has 0 amide bonds. The largest absolute Gasteiger partial charge is 0.379 e. The molecule has 0 bridgehead atoms. The van der Waals surface area contributed by atoms with Crippen LogP contribution in [-0.4, -0.2) is 45.1 Å². The molecule has 0 unspecified atom stereocenters. The van der Waals surface area contributed by atoms with Crippen molar-refractivity contribution in [2.24, 2.45) is 0 Å². The predicted octanol–water partition coefficient (Wildman–Crippen LogP) is 4.13. The van der Waals surface area contributed by atoms with Gasteiger partial charge < -0.3 is 20.5 Å². The number of piperazine rings is 1. The van der Waals surface area contributed by atoms with Crippen LogP contribution in [-0.2, 0) is 6.54 Å². The molecular formula is C25H29N7. The van der Waals surface area contributed by atoms with Gasteiger partial charge >= 0.3 is 0 Å². The van der Waals surface area contributed by atoms with Crippen molar-refractivity contribution in [3.63, 3.8) is 0 Å². The zero-order valence-electron chi connectivity index (χ0n) is 18.8. The van der Waals surface area contributed by atoms with E-state index in [4.69, 9.17) is 4.98 Å². The molecule has 1 saturated heterocycles. The SMILES string of the molecule is Cc1cnccc1-c1c[nH]c2nccc(NCc3cccc(N4C[C@@H](C)N[C@@H](C)C4)n3)c12. The van der Waals surface area contributed by atoms with Gasteiger partial charge in [-0.3, -0.25) is 4.98 Å². The molecule has 0 aliphatic carbocycles. The highest BCUT2D eigenvalue weighted by molar-refractivity contribution is 6.02. The average molecular weight is 428 g/mol. The van der Waals surface area contributed by atoms with Crippen molar-refractivity contribution in [2.75, 3.05) is 23.3 Å².